The van der Waals surface area contributed by atoms with Crippen LogP contribution in [0.25, 0.3) is 11.0 Å². The van der Waals surface area contributed by atoms with Crippen molar-refractivity contribution in [3.63, 3.8) is 0 Å². The highest BCUT2D eigenvalue weighted by Crippen LogP contribution is 2.25. The van der Waals surface area contributed by atoms with Crippen LogP contribution in [0.2, 0.25) is 0 Å². The number of furan rings is 1. The molecule has 0 spiro atoms. The van der Waals surface area contributed by atoms with E-state index in [0.29, 0.717) is 13.0 Å². The van der Waals surface area contributed by atoms with Crippen LogP contribution in [0.1, 0.15) is 22.3 Å². The Kier molecular flexibility index (Phi) is 4.15. The molecule has 0 aliphatic carbocycles. The lowest BCUT2D eigenvalue weighted by atomic mass is 10.0. The van der Waals surface area contributed by atoms with E-state index in [2.05, 4.69) is 24.9 Å². The highest BCUT2D eigenvalue weighted by Gasteiger charge is 2.15. The minimum atomic E-state index is 0.0646. The molecule has 4 heteroatoms. The lowest BCUT2D eigenvalue weighted by Gasteiger charge is -2.16. The zero-order chi connectivity index (χ0) is 16.4. The SMILES string of the molecule is Cc1cc2occ(CC(=O)N(C)Cc3cccnc3)c2cc1C. The molecule has 0 saturated heterocycles. The number of carbonyl (C=O) groups excluding carboxylic acids is 1. The third-order valence-electron chi connectivity index (χ3n) is 4.18. The summed E-state index contributed by atoms with van der Waals surface area (Å²) in [6, 6.07) is 7.97. The van der Waals surface area contributed by atoms with E-state index >= 15 is 0 Å². The van der Waals surface area contributed by atoms with Crippen LogP contribution in [-0.4, -0.2) is 22.8 Å². The van der Waals surface area contributed by atoms with Gasteiger partial charge < -0.3 is 9.32 Å². The van der Waals surface area contributed by atoms with Gasteiger partial charge in [0, 0.05) is 36.9 Å². The van der Waals surface area contributed by atoms with Crippen molar-refractivity contribution in [1.29, 1.82) is 0 Å². The van der Waals surface area contributed by atoms with Crippen LogP contribution >= 0.6 is 0 Å². The quantitative estimate of drug-likeness (QED) is 0.739. The monoisotopic (exact) mass is 308 g/mol. The first-order valence-electron chi connectivity index (χ1n) is 7.65. The van der Waals surface area contributed by atoms with E-state index in [-0.39, 0.29) is 5.91 Å². The summed E-state index contributed by atoms with van der Waals surface area (Å²) >= 11 is 0. The molecule has 0 unspecified atom stereocenters. The summed E-state index contributed by atoms with van der Waals surface area (Å²) in [5.74, 6) is 0.0646. The summed E-state index contributed by atoms with van der Waals surface area (Å²) in [5, 5.41) is 1.02. The van der Waals surface area contributed by atoms with Crippen LogP contribution < -0.4 is 0 Å². The number of aryl methyl sites for hydroxylation is 2. The molecule has 0 radical (unpaired) electrons. The molecule has 118 valence electrons. The standard InChI is InChI=1S/C19H20N2O2/c1-13-7-17-16(12-23-18(17)8-14(13)2)9-19(22)21(3)11-15-5-4-6-20-10-15/h4-8,10,12H,9,11H2,1-3H3. The summed E-state index contributed by atoms with van der Waals surface area (Å²) in [5.41, 5.74) is 5.19. The zero-order valence-corrected chi connectivity index (χ0v) is 13.7. The molecule has 0 N–H and O–H groups in total. The van der Waals surface area contributed by atoms with Gasteiger partial charge in [-0.1, -0.05) is 6.07 Å². The number of likely N-dealkylation sites (N-methyl/N-ethyl adjacent to an activating group) is 1. The lowest BCUT2D eigenvalue weighted by molar-refractivity contribution is -0.129. The number of pyridine rings is 1. The van der Waals surface area contributed by atoms with Crippen molar-refractivity contribution >= 4 is 16.9 Å². The molecule has 0 aliphatic heterocycles. The van der Waals surface area contributed by atoms with Crippen molar-refractivity contribution in [2.75, 3.05) is 7.05 Å². The van der Waals surface area contributed by atoms with Gasteiger partial charge in [0.15, 0.2) is 0 Å². The van der Waals surface area contributed by atoms with E-state index in [1.807, 2.05) is 25.2 Å². The Morgan fingerprint density at radius 3 is 2.78 bits per heavy atom. The molecule has 1 aromatic carbocycles. The maximum atomic E-state index is 12.5. The van der Waals surface area contributed by atoms with Crippen LogP contribution in [0.15, 0.2) is 47.3 Å². The topological polar surface area (TPSA) is 46.3 Å². The molecule has 0 saturated carbocycles. The number of hydrogen-bond donors (Lipinski definition) is 0. The largest absolute Gasteiger partial charge is 0.464 e. The molecule has 2 aromatic heterocycles. The first kappa shape index (κ1) is 15.3. The summed E-state index contributed by atoms with van der Waals surface area (Å²) in [7, 11) is 1.81. The normalized spacial score (nSPS) is 10.9. The van der Waals surface area contributed by atoms with E-state index in [4.69, 9.17) is 4.42 Å². The molecular weight excluding hydrogens is 288 g/mol. The van der Waals surface area contributed by atoms with Gasteiger partial charge in [0.2, 0.25) is 5.91 Å². The number of amides is 1. The van der Waals surface area contributed by atoms with Crippen molar-refractivity contribution in [2.45, 2.75) is 26.8 Å². The second-order valence-corrected chi connectivity index (χ2v) is 5.98. The Hall–Kier alpha value is -2.62. The van der Waals surface area contributed by atoms with Gasteiger partial charge in [-0.3, -0.25) is 9.78 Å². The minimum absolute atomic E-state index is 0.0646. The molecule has 4 nitrogen and oxygen atoms in total. The van der Waals surface area contributed by atoms with Crippen molar-refractivity contribution in [1.82, 2.24) is 9.88 Å². The van der Waals surface area contributed by atoms with Crippen LogP contribution in [0.3, 0.4) is 0 Å². The molecule has 0 atom stereocenters. The van der Waals surface area contributed by atoms with E-state index < -0.39 is 0 Å². The average Bonchev–Trinajstić information content (AvgIpc) is 2.91. The van der Waals surface area contributed by atoms with E-state index in [1.165, 1.54) is 11.1 Å². The van der Waals surface area contributed by atoms with Crippen LogP contribution in [0.5, 0.6) is 0 Å². The number of rotatable bonds is 4. The van der Waals surface area contributed by atoms with Crippen molar-refractivity contribution < 1.29 is 9.21 Å². The number of nitrogens with zero attached hydrogens (tertiary/aromatic N) is 2. The molecule has 0 fully saturated rings. The van der Waals surface area contributed by atoms with Gasteiger partial charge in [0.1, 0.15) is 5.58 Å². The fraction of sp³-hybridized carbons (Fsp3) is 0.263. The van der Waals surface area contributed by atoms with Gasteiger partial charge in [-0.2, -0.15) is 0 Å². The number of aromatic nitrogens is 1. The highest BCUT2D eigenvalue weighted by molar-refractivity contribution is 5.88. The fourth-order valence-corrected chi connectivity index (χ4v) is 2.62. The zero-order valence-electron chi connectivity index (χ0n) is 13.7. The lowest BCUT2D eigenvalue weighted by Crippen LogP contribution is -2.27. The van der Waals surface area contributed by atoms with E-state index in [9.17, 15) is 4.79 Å². The van der Waals surface area contributed by atoms with Gasteiger partial charge in [0.25, 0.3) is 0 Å². The number of hydrogen-bond acceptors (Lipinski definition) is 3. The molecule has 0 bridgehead atoms. The second-order valence-electron chi connectivity index (χ2n) is 5.98. The molecule has 1 amide bonds. The Balaban J connectivity index is 1.76. The molecule has 2 heterocycles. The Labute approximate surface area is 135 Å². The summed E-state index contributed by atoms with van der Waals surface area (Å²) in [6.45, 7) is 4.69. The summed E-state index contributed by atoms with van der Waals surface area (Å²) < 4.78 is 5.60. The molecule has 23 heavy (non-hydrogen) atoms. The minimum Gasteiger partial charge on any atom is -0.464 e. The molecule has 3 aromatic rings. The van der Waals surface area contributed by atoms with Gasteiger partial charge in [-0.15, -0.1) is 0 Å². The third-order valence-corrected chi connectivity index (χ3v) is 4.18. The number of carbonyl (C=O) groups is 1. The molecule has 0 aliphatic rings. The number of fused-ring (bicyclic) bond motifs is 1. The fourth-order valence-electron chi connectivity index (χ4n) is 2.62. The smallest absolute Gasteiger partial charge is 0.227 e. The Morgan fingerprint density at radius 1 is 1.26 bits per heavy atom. The summed E-state index contributed by atoms with van der Waals surface area (Å²) in [6.07, 6.45) is 5.54. The van der Waals surface area contributed by atoms with Crippen molar-refractivity contribution in [3.05, 3.63) is 65.2 Å². The van der Waals surface area contributed by atoms with Crippen LogP contribution in [0.4, 0.5) is 0 Å². The first-order valence-corrected chi connectivity index (χ1v) is 7.65. The average molecular weight is 308 g/mol. The van der Waals surface area contributed by atoms with Gasteiger partial charge in [-0.05, 0) is 48.7 Å². The first-order chi connectivity index (χ1) is 11.0. The Bertz CT molecular complexity index is 837. The van der Waals surface area contributed by atoms with Gasteiger partial charge in [0.05, 0.1) is 12.7 Å². The van der Waals surface area contributed by atoms with Crippen LogP contribution in [0, 0.1) is 13.8 Å². The highest BCUT2D eigenvalue weighted by atomic mass is 16.3. The predicted octanol–water partition coefficient (Wildman–Crippen LogP) is 3.65. The Morgan fingerprint density at radius 2 is 2.04 bits per heavy atom. The number of benzene rings is 1. The third kappa shape index (κ3) is 3.26. The van der Waals surface area contributed by atoms with E-state index in [1.54, 1.807) is 23.6 Å². The van der Waals surface area contributed by atoms with Gasteiger partial charge >= 0.3 is 0 Å². The maximum Gasteiger partial charge on any atom is 0.227 e. The molecular formula is C19H20N2O2. The second kappa shape index (κ2) is 6.24. The van der Waals surface area contributed by atoms with Crippen molar-refractivity contribution in [2.24, 2.45) is 0 Å². The van der Waals surface area contributed by atoms with Crippen LogP contribution in [-0.2, 0) is 17.8 Å². The maximum absolute atomic E-state index is 12.5. The predicted molar refractivity (Wildman–Crippen MR) is 90.1 cm³/mol. The van der Waals surface area contributed by atoms with E-state index in [0.717, 1.165) is 22.1 Å². The van der Waals surface area contributed by atoms with Crippen molar-refractivity contribution in [3.8, 4) is 0 Å². The van der Waals surface area contributed by atoms with Gasteiger partial charge in [-0.25, -0.2) is 0 Å². The molecule has 3 rings (SSSR count). The summed E-state index contributed by atoms with van der Waals surface area (Å²) in [4.78, 5) is 18.3.